The summed E-state index contributed by atoms with van der Waals surface area (Å²) in [6.07, 6.45) is 3.77. The van der Waals surface area contributed by atoms with Crippen LogP contribution in [0.1, 0.15) is 24.1 Å². The van der Waals surface area contributed by atoms with E-state index >= 15 is 0 Å². The highest BCUT2D eigenvalue weighted by Gasteiger charge is 2.08. The van der Waals surface area contributed by atoms with Gasteiger partial charge in [-0.15, -0.1) is 0 Å². The summed E-state index contributed by atoms with van der Waals surface area (Å²) >= 11 is 0. The first-order chi connectivity index (χ1) is 9.06. The zero-order valence-electron chi connectivity index (χ0n) is 11.0. The molecule has 0 saturated heterocycles. The van der Waals surface area contributed by atoms with Crippen LogP contribution in [0.15, 0.2) is 30.6 Å². The van der Waals surface area contributed by atoms with Gasteiger partial charge in [-0.2, -0.15) is 5.10 Å². The van der Waals surface area contributed by atoms with Gasteiger partial charge in [-0.1, -0.05) is 6.07 Å². The maximum Gasteiger partial charge on any atom is 0.159 e. The van der Waals surface area contributed by atoms with Gasteiger partial charge in [-0.3, -0.25) is 4.68 Å². The van der Waals surface area contributed by atoms with E-state index in [1.807, 2.05) is 24.7 Å². The summed E-state index contributed by atoms with van der Waals surface area (Å²) < 4.78 is 27.8. The van der Waals surface area contributed by atoms with Crippen LogP contribution in [0.25, 0.3) is 0 Å². The molecule has 19 heavy (non-hydrogen) atoms. The van der Waals surface area contributed by atoms with Crippen molar-refractivity contribution in [1.29, 1.82) is 0 Å². The maximum atomic E-state index is 13.1. The summed E-state index contributed by atoms with van der Waals surface area (Å²) in [5.41, 5.74) is 1.85. The maximum absolute atomic E-state index is 13.1. The van der Waals surface area contributed by atoms with Gasteiger partial charge < -0.3 is 5.32 Å². The summed E-state index contributed by atoms with van der Waals surface area (Å²) in [5, 5.41) is 7.43. The SMILES string of the molecule is Cc1cnn(CCNC(C)c2ccc(F)c(F)c2)c1. The van der Waals surface area contributed by atoms with Crippen molar-refractivity contribution in [1.82, 2.24) is 15.1 Å². The van der Waals surface area contributed by atoms with Crippen LogP contribution in [0.3, 0.4) is 0 Å². The van der Waals surface area contributed by atoms with Gasteiger partial charge in [0.25, 0.3) is 0 Å². The molecular formula is C14H17F2N3. The van der Waals surface area contributed by atoms with Gasteiger partial charge in [0.1, 0.15) is 0 Å². The number of benzene rings is 1. The highest BCUT2D eigenvalue weighted by molar-refractivity contribution is 5.20. The normalized spacial score (nSPS) is 12.6. The van der Waals surface area contributed by atoms with E-state index in [0.717, 1.165) is 23.7 Å². The zero-order chi connectivity index (χ0) is 13.8. The molecule has 0 fully saturated rings. The average molecular weight is 265 g/mol. The molecule has 5 heteroatoms. The molecule has 1 N–H and O–H groups in total. The summed E-state index contributed by atoms with van der Waals surface area (Å²) in [7, 11) is 0. The Kier molecular flexibility index (Phi) is 4.27. The minimum atomic E-state index is -0.817. The van der Waals surface area contributed by atoms with Crippen LogP contribution in [0.2, 0.25) is 0 Å². The second-order valence-corrected chi connectivity index (χ2v) is 4.63. The Morgan fingerprint density at radius 2 is 2.11 bits per heavy atom. The molecule has 0 bridgehead atoms. The lowest BCUT2D eigenvalue weighted by Crippen LogP contribution is -2.23. The van der Waals surface area contributed by atoms with Crippen molar-refractivity contribution in [2.45, 2.75) is 26.4 Å². The highest BCUT2D eigenvalue weighted by Crippen LogP contribution is 2.15. The number of halogens is 2. The highest BCUT2D eigenvalue weighted by atomic mass is 19.2. The number of hydrogen-bond acceptors (Lipinski definition) is 2. The predicted octanol–water partition coefficient (Wildman–Crippen LogP) is 2.82. The van der Waals surface area contributed by atoms with Crippen LogP contribution in [0.4, 0.5) is 8.78 Å². The summed E-state index contributed by atoms with van der Waals surface area (Å²) in [5.74, 6) is -1.63. The first kappa shape index (κ1) is 13.7. The molecule has 0 aliphatic heterocycles. The molecule has 1 aromatic heterocycles. The van der Waals surface area contributed by atoms with Crippen LogP contribution in [-0.4, -0.2) is 16.3 Å². The molecule has 2 aromatic rings. The Morgan fingerprint density at radius 3 is 2.74 bits per heavy atom. The molecule has 2 rings (SSSR count). The second-order valence-electron chi connectivity index (χ2n) is 4.63. The van der Waals surface area contributed by atoms with Crippen molar-refractivity contribution in [2.75, 3.05) is 6.54 Å². The van der Waals surface area contributed by atoms with Crippen LogP contribution in [-0.2, 0) is 6.54 Å². The van der Waals surface area contributed by atoms with Gasteiger partial charge in [-0.25, -0.2) is 8.78 Å². The van der Waals surface area contributed by atoms with Gasteiger partial charge in [-0.05, 0) is 37.1 Å². The number of nitrogens with zero attached hydrogens (tertiary/aromatic N) is 2. The molecule has 102 valence electrons. The molecule has 3 nitrogen and oxygen atoms in total. The van der Waals surface area contributed by atoms with Gasteiger partial charge in [0.05, 0.1) is 12.7 Å². The van der Waals surface area contributed by atoms with Crippen LogP contribution >= 0.6 is 0 Å². The molecular weight excluding hydrogens is 248 g/mol. The fourth-order valence-corrected chi connectivity index (χ4v) is 1.88. The van der Waals surface area contributed by atoms with E-state index < -0.39 is 11.6 Å². The van der Waals surface area contributed by atoms with Gasteiger partial charge in [0, 0.05) is 18.8 Å². The van der Waals surface area contributed by atoms with Crippen molar-refractivity contribution in [3.05, 3.63) is 53.4 Å². The topological polar surface area (TPSA) is 29.9 Å². The van der Waals surface area contributed by atoms with Crippen LogP contribution in [0.5, 0.6) is 0 Å². The smallest absolute Gasteiger partial charge is 0.159 e. The molecule has 1 heterocycles. The second kappa shape index (κ2) is 5.93. The lowest BCUT2D eigenvalue weighted by Gasteiger charge is -2.14. The number of hydrogen-bond donors (Lipinski definition) is 1. The lowest BCUT2D eigenvalue weighted by molar-refractivity contribution is 0.490. The fourth-order valence-electron chi connectivity index (χ4n) is 1.88. The molecule has 0 amide bonds. The largest absolute Gasteiger partial charge is 0.308 e. The van der Waals surface area contributed by atoms with E-state index in [2.05, 4.69) is 10.4 Å². The Bertz CT molecular complexity index is 551. The predicted molar refractivity (Wildman–Crippen MR) is 69.7 cm³/mol. The first-order valence-electron chi connectivity index (χ1n) is 6.23. The molecule has 0 aliphatic rings. The van der Waals surface area contributed by atoms with Gasteiger partial charge in [0.2, 0.25) is 0 Å². The van der Waals surface area contributed by atoms with Crippen molar-refractivity contribution in [3.8, 4) is 0 Å². The Balaban J connectivity index is 1.86. The molecule has 0 aliphatic carbocycles. The van der Waals surface area contributed by atoms with Crippen molar-refractivity contribution < 1.29 is 8.78 Å². The first-order valence-corrected chi connectivity index (χ1v) is 6.23. The van der Waals surface area contributed by atoms with E-state index in [-0.39, 0.29) is 6.04 Å². The fraction of sp³-hybridized carbons (Fsp3) is 0.357. The minimum absolute atomic E-state index is 0.0354. The summed E-state index contributed by atoms with van der Waals surface area (Å²) in [6, 6.07) is 3.94. The lowest BCUT2D eigenvalue weighted by atomic mass is 10.1. The van der Waals surface area contributed by atoms with Crippen molar-refractivity contribution in [3.63, 3.8) is 0 Å². The van der Waals surface area contributed by atoms with Crippen LogP contribution < -0.4 is 5.32 Å². The molecule has 0 saturated carbocycles. The van der Waals surface area contributed by atoms with Gasteiger partial charge >= 0.3 is 0 Å². The van der Waals surface area contributed by atoms with E-state index in [9.17, 15) is 8.78 Å². The molecule has 1 unspecified atom stereocenters. The third kappa shape index (κ3) is 3.61. The van der Waals surface area contributed by atoms with Gasteiger partial charge in [0.15, 0.2) is 11.6 Å². The summed E-state index contributed by atoms with van der Waals surface area (Å²) in [6.45, 7) is 5.35. The Labute approximate surface area is 111 Å². The Hall–Kier alpha value is -1.75. The van der Waals surface area contributed by atoms with Crippen molar-refractivity contribution >= 4 is 0 Å². The van der Waals surface area contributed by atoms with E-state index in [1.165, 1.54) is 6.07 Å². The van der Waals surface area contributed by atoms with E-state index in [1.54, 1.807) is 12.3 Å². The quantitative estimate of drug-likeness (QED) is 0.901. The molecule has 1 aromatic carbocycles. The monoisotopic (exact) mass is 265 g/mol. The van der Waals surface area contributed by atoms with Crippen LogP contribution in [0, 0.1) is 18.6 Å². The summed E-state index contributed by atoms with van der Waals surface area (Å²) in [4.78, 5) is 0. The van der Waals surface area contributed by atoms with E-state index in [0.29, 0.717) is 6.54 Å². The third-order valence-corrected chi connectivity index (χ3v) is 3.00. The van der Waals surface area contributed by atoms with E-state index in [4.69, 9.17) is 0 Å². The number of rotatable bonds is 5. The molecule has 0 spiro atoms. The number of nitrogens with one attached hydrogen (secondary N) is 1. The standard InChI is InChI=1S/C14H17F2N3/c1-10-8-18-19(9-10)6-5-17-11(2)12-3-4-13(15)14(16)7-12/h3-4,7-9,11,17H,5-6H2,1-2H3. The Morgan fingerprint density at radius 1 is 1.32 bits per heavy atom. The molecule has 1 atom stereocenters. The molecule has 0 radical (unpaired) electrons. The number of aryl methyl sites for hydroxylation is 1. The third-order valence-electron chi connectivity index (χ3n) is 3.00. The number of aromatic nitrogens is 2. The minimum Gasteiger partial charge on any atom is -0.308 e. The zero-order valence-corrected chi connectivity index (χ0v) is 11.0. The average Bonchev–Trinajstić information content (AvgIpc) is 2.78. The van der Waals surface area contributed by atoms with Crippen molar-refractivity contribution in [2.24, 2.45) is 0 Å².